The van der Waals surface area contributed by atoms with Crippen LogP contribution in [-0.2, 0) is 16.1 Å². The van der Waals surface area contributed by atoms with Crippen LogP contribution in [0, 0.1) is 0 Å². The van der Waals surface area contributed by atoms with Crippen LogP contribution in [0.4, 0.5) is 5.82 Å². The Hall–Kier alpha value is -2.35. The number of guanidine groups is 1. The molecule has 1 aliphatic rings. The van der Waals surface area contributed by atoms with Gasteiger partial charge in [0.05, 0.1) is 25.3 Å². The van der Waals surface area contributed by atoms with Crippen LogP contribution < -0.4 is 10.2 Å². The lowest BCUT2D eigenvalue weighted by Crippen LogP contribution is -2.45. The second kappa shape index (κ2) is 11.7. The lowest BCUT2D eigenvalue weighted by Gasteiger charge is -2.36. The van der Waals surface area contributed by atoms with Gasteiger partial charge in [-0.05, 0) is 46.2 Å². The van der Waals surface area contributed by atoms with E-state index < -0.39 is 0 Å². The van der Waals surface area contributed by atoms with E-state index in [1.807, 2.05) is 43.8 Å². The Kier molecular flexibility index (Phi) is 9.36. The highest BCUT2D eigenvalue weighted by Gasteiger charge is 2.23. The molecular formula is C22H38N6O2. The van der Waals surface area contributed by atoms with E-state index in [2.05, 4.69) is 41.2 Å². The fourth-order valence-corrected chi connectivity index (χ4v) is 3.65. The molecule has 1 amide bonds. The number of pyridine rings is 1. The number of aliphatic imine (C=N–C) groups is 1. The van der Waals surface area contributed by atoms with Crippen molar-refractivity contribution >= 4 is 17.7 Å². The van der Waals surface area contributed by atoms with E-state index in [4.69, 9.17) is 9.73 Å². The van der Waals surface area contributed by atoms with E-state index >= 15 is 0 Å². The molecule has 0 bridgehead atoms. The summed E-state index contributed by atoms with van der Waals surface area (Å²) in [6.07, 6.45) is 2.29. The fourth-order valence-electron chi connectivity index (χ4n) is 3.65. The first-order valence-electron chi connectivity index (χ1n) is 11.0. The summed E-state index contributed by atoms with van der Waals surface area (Å²) in [5.74, 6) is 1.80. The lowest BCUT2D eigenvalue weighted by molar-refractivity contribution is -0.131. The highest BCUT2D eigenvalue weighted by molar-refractivity contribution is 5.86. The van der Waals surface area contributed by atoms with E-state index in [0.717, 1.165) is 50.1 Å². The van der Waals surface area contributed by atoms with Gasteiger partial charge in [0.1, 0.15) is 5.82 Å². The number of carbonyl (C=O) groups excluding carboxylic acids is 1. The predicted molar refractivity (Wildman–Crippen MR) is 122 cm³/mol. The zero-order valence-electron chi connectivity index (χ0n) is 19.4. The van der Waals surface area contributed by atoms with Crippen LogP contribution in [0.2, 0.25) is 0 Å². The fraction of sp³-hybridized carbons (Fsp3) is 0.682. The average Bonchev–Trinajstić information content (AvgIpc) is 2.71. The molecule has 0 spiro atoms. The minimum atomic E-state index is 0.105. The summed E-state index contributed by atoms with van der Waals surface area (Å²) in [6.45, 7) is 14.9. The number of nitrogens with zero attached hydrogens (tertiary/aromatic N) is 5. The van der Waals surface area contributed by atoms with Crippen molar-refractivity contribution in [2.75, 3.05) is 51.2 Å². The first-order chi connectivity index (χ1) is 14.4. The Morgan fingerprint density at radius 1 is 1.23 bits per heavy atom. The molecule has 1 saturated heterocycles. The maximum absolute atomic E-state index is 12.4. The van der Waals surface area contributed by atoms with E-state index in [1.54, 1.807) is 0 Å². The summed E-state index contributed by atoms with van der Waals surface area (Å²) in [7, 11) is 1.89. The number of amides is 1. The van der Waals surface area contributed by atoms with Gasteiger partial charge < -0.3 is 24.8 Å². The van der Waals surface area contributed by atoms with Gasteiger partial charge in [0.25, 0.3) is 0 Å². The van der Waals surface area contributed by atoms with E-state index in [0.29, 0.717) is 13.1 Å². The van der Waals surface area contributed by atoms with Gasteiger partial charge in [-0.15, -0.1) is 0 Å². The zero-order chi connectivity index (χ0) is 22.1. The molecule has 0 radical (unpaired) electrons. The largest absolute Gasteiger partial charge is 0.372 e. The van der Waals surface area contributed by atoms with Crippen LogP contribution in [0.1, 0.15) is 40.2 Å². The van der Waals surface area contributed by atoms with Gasteiger partial charge in [-0.1, -0.05) is 6.07 Å². The standard InChI is InChI=1S/C22H38N6O2/c1-7-23-22(26(6)16-21(29)27(8-2)9-3)25-13-19-10-11-20(24-12-19)28-14-17(4)30-18(5)15-28/h10-12,17-18H,7-9,13-16H2,1-6H3,(H,23,25). The highest BCUT2D eigenvalue weighted by Crippen LogP contribution is 2.18. The number of hydrogen-bond donors (Lipinski definition) is 1. The summed E-state index contributed by atoms with van der Waals surface area (Å²) in [5.41, 5.74) is 1.03. The van der Waals surface area contributed by atoms with Crippen molar-refractivity contribution < 1.29 is 9.53 Å². The molecule has 30 heavy (non-hydrogen) atoms. The number of hydrogen-bond acceptors (Lipinski definition) is 5. The molecule has 2 heterocycles. The van der Waals surface area contributed by atoms with Gasteiger partial charge in [-0.2, -0.15) is 0 Å². The summed E-state index contributed by atoms with van der Waals surface area (Å²) in [5, 5.41) is 3.27. The maximum Gasteiger partial charge on any atom is 0.242 e. The second-order valence-electron chi connectivity index (χ2n) is 7.78. The maximum atomic E-state index is 12.4. The number of carbonyl (C=O) groups is 1. The second-order valence-corrected chi connectivity index (χ2v) is 7.78. The Balaban J connectivity index is 2.00. The minimum Gasteiger partial charge on any atom is -0.372 e. The van der Waals surface area contributed by atoms with E-state index in [1.165, 1.54) is 0 Å². The van der Waals surface area contributed by atoms with Crippen LogP contribution in [0.15, 0.2) is 23.3 Å². The van der Waals surface area contributed by atoms with E-state index in [9.17, 15) is 4.79 Å². The van der Waals surface area contributed by atoms with Crippen LogP contribution in [0.5, 0.6) is 0 Å². The molecule has 1 aromatic rings. The lowest BCUT2D eigenvalue weighted by atomic mass is 10.2. The van der Waals surface area contributed by atoms with Gasteiger partial charge in [0.2, 0.25) is 5.91 Å². The predicted octanol–water partition coefficient (Wildman–Crippen LogP) is 1.96. The van der Waals surface area contributed by atoms with Gasteiger partial charge in [0.15, 0.2) is 5.96 Å². The third-order valence-corrected chi connectivity index (χ3v) is 5.15. The molecule has 2 rings (SSSR count). The topological polar surface area (TPSA) is 73.3 Å². The molecule has 1 aromatic heterocycles. The van der Waals surface area contributed by atoms with Gasteiger partial charge in [-0.25, -0.2) is 9.98 Å². The number of ether oxygens (including phenoxy) is 1. The first-order valence-corrected chi connectivity index (χ1v) is 11.0. The molecule has 1 aliphatic heterocycles. The van der Waals surface area contributed by atoms with Crippen molar-refractivity contribution in [1.29, 1.82) is 0 Å². The normalized spacial score (nSPS) is 19.5. The molecule has 8 nitrogen and oxygen atoms in total. The van der Waals surface area contributed by atoms with Crippen molar-refractivity contribution in [2.24, 2.45) is 4.99 Å². The number of likely N-dealkylation sites (N-methyl/N-ethyl adjacent to an activating group) is 2. The minimum absolute atomic E-state index is 0.105. The average molecular weight is 419 g/mol. The SMILES string of the molecule is CCNC(=NCc1ccc(N2CC(C)OC(C)C2)nc1)N(C)CC(=O)N(CC)CC. The number of anilines is 1. The molecule has 0 aliphatic carbocycles. The van der Waals surface area contributed by atoms with Crippen molar-refractivity contribution in [3.63, 3.8) is 0 Å². The third kappa shape index (κ3) is 6.86. The van der Waals surface area contributed by atoms with Crippen molar-refractivity contribution in [3.8, 4) is 0 Å². The van der Waals surface area contributed by atoms with Crippen molar-refractivity contribution in [1.82, 2.24) is 20.1 Å². The summed E-state index contributed by atoms with van der Waals surface area (Å²) < 4.78 is 5.80. The van der Waals surface area contributed by atoms with Crippen molar-refractivity contribution in [3.05, 3.63) is 23.9 Å². The zero-order valence-corrected chi connectivity index (χ0v) is 19.4. The molecule has 0 saturated carbocycles. The third-order valence-electron chi connectivity index (χ3n) is 5.15. The summed E-state index contributed by atoms with van der Waals surface area (Å²) in [6, 6.07) is 4.12. The van der Waals surface area contributed by atoms with E-state index in [-0.39, 0.29) is 18.1 Å². The molecule has 8 heteroatoms. The van der Waals surface area contributed by atoms with Crippen LogP contribution in [-0.4, -0.2) is 85.2 Å². The first kappa shape index (κ1) is 23.9. The molecule has 2 atom stereocenters. The molecule has 2 unspecified atom stereocenters. The Morgan fingerprint density at radius 3 is 2.43 bits per heavy atom. The van der Waals surface area contributed by atoms with Crippen molar-refractivity contribution in [2.45, 2.75) is 53.4 Å². The molecule has 1 N–H and O–H groups in total. The van der Waals surface area contributed by atoms with Gasteiger partial charge in [-0.3, -0.25) is 4.79 Å². The van der Waals surface area contributed by atoms with Crippen LogP contribution in [0.3, 0.4) is 0 Å². The monoisotopic (exact) mass is 418 g/mol. The molecule has 1 fully saturated rings. The summed E-state index contributed by atoms with van der Waals surface area (Å²) in [4.78, 5) is 27.7. The van der Waals surface area contributed by atoms with Crippen LogP contribution in [0.25, 0.3) is 0 Å². The summed E-state index contributed by atoms with van der Waals surface area (Å²) >= 11 is 0. The van der Waals surface area contributed by atoms with Gasteiger partial charge >= 0.3 is 0 Å². The Labute approximate surface area is 181 Å². The Morgan fingerprint density at radius 2 is 1.90 bits per heavy atom. The van der Waals surface area contributed by atoms with Crippen LogP contribution >= 0.6 is 0 Å². The molecule has 0 aromatic carbocycles. The number of rotatable bonds is 8. The highest BCUT2D eigenvalue weighted by atomic mass is 16.5. The molecular weight excluding hydrogens is 380 g/mol. The molecule has 168 valence electrons. The number of aromatic nitrogens is 1. The van der Waals surface area contributed by atoms with Gasteiger partial charge in [0, 0.05) is 46.0 Å². The number of nitrogens with one attached hydrogen (secondary N) is 1. The number of morpholine rings is 1. The smallest absolute Gasteiger partial charge is 0.242 e. The Bertz CT molecular complexity index is 679. The quantitative estimate of drug-likeness (QED) is 0.514.